The van der Waals surface area contributed by atoms with Crippen LogP contribution in [0.3, 0.4) is 0 Å². The number of rotatable bonds is 7. The summed E-state index contributed by atoms with van der Waals surface area (Å²) < 4.78 is 21.0. The molecule has 0 aromatic heterocycles. The first-order valence-corrected chi connectivity index (χ1v) is 9.30. The fourth-order valence-corrected chi connectivity index (χ4v) is 3.22. The average Bonchev–Trinajstić information content (AvgIpc) is 2.65. The molecule has 0 bridgehead atoms. The number of hydrogen-bond donors (Lipinski definition) is 0. The van der Waals surface area contributed by atoms with Gasteiger partial charge in [0, 0.05) is 12.0 Å². The Labute approximate surface area is 154 Å². The van der Waals surface area contributed by atoms with Gasteiger partial charge in [-0.15, -0.1) is 0 Å². The number of carbonyl (C=O) groups is 3. The predicted octanol–water partition coefficient (Wildman–Crippen LogP) is 2.53. The van der Waals surface area contributed by atoms with Crippen LogP contribution in [0.5, 0.6) is 0 Å². The van der Waals surface area contributed by atoms with E-state index in [1.807, 2.05) is 0 Å². The summed E-state index contributed by atoms with van der Waals surface area (Å²) in [5.41, 5.74) is 0.288. The Kier molecular flexibility index (Phi) is 8.09. The summed E-state index contributed by atoms with van der Waals surface area (Å²) in [5, 5.41) is 0. The van der Waals surface area contributed by atoms with Crippen LogP contribution in [0.1, 0.15) is 51.9 Å². The van der Waals surface area contributed by atoms with E-state index >= 15 is 0 Å². The van der Waals surface area contributed by atoms with Crippen molar-refractivity contribution in [3.8, 4) is 0 Å². The molecule has 2 rings (SSSR count). The lowest BCUT2D eigenvalue weighted by Crippen LogP contribution is -2.38. The molecule has 0 N–H and O–H groups in total. The Morgan fingerprint density at radius 2 is 1.54 bits per heavy atom. The fraction of sp³-hybridized carbons (Fsp3) is 0.737. The first-order valence-electron chi connectivity index (χ1n) is 9.30. The van der Waals surface area contributed by atoms with E-state index in [-0.39, 0.29) is 24.8 Å². The number of hydrogen-bond acceptors (Lipinski definition) is 7. The molecule has 0 spiro atoms. The lowest BCUT2D eigenvalue weighted by Gasteiger charge is -2.30. The molecule has 7 nitrogen and oxygen atoms in total. The van der Waals surface area contributed by atoms with E-state index in [2.05, 4.69) is 6.58 Å². The minimum absolute atomic E-state index is 0.0326. The van der Waals surface area contributed by atoms with Crippen molar-refractivity contribution in [3.63, 3.8) is 0 Å². The molecule has 1 aliphatic carbocycles. The van der Waals surface area contributed by atoms with Gasteiger partial charge in [0.05, 0.1) is 18.4 Å². The van der Waals surface area contributed by atoms with Crippen LogP contribution in [0.15, 0.2) is 12.2 Å². The van der Waals surface area contributed by atoms with E-state index in [4.69, 9.17) is 18.9 Å². The third kappa shape index (κ3) is 6.12. The first kappa shape index (κ1) is 20.4. The third-order valence-corrected chi connectivity index (χ3v) is 4.67. The van der Waals surface area contributed by atoms with E-state index in [9.17, 15) is 14.4 Å². The molecule has 1 saturated carbocycles. The predicted molar refractivity (Wildman–Crippen MR) is 91.9 cm³/mol. The second-order valence-corrected chi connectivity index (χ2v) is 6.81. The zero-order valence-electron chi connectivity index (χ0n) is 15.4. The van der Waals surface area contributed by atoms with Crippen LogP contribution < -0.4 is 0 Å². The Balaban J connectivity index is 1.80. The van der Waals surface area contributed by atoms with Crippen molar-refractivity contribution in [2.24, 2.45) is 11.8 Å². The van der Waals surface area contributed by atoms with Gasteiger partial charge in [0.25, 0.3) is 0 Å². The third-order valence-electron chi connectivity index (χ3n) is 4.67. The molecule has 0 radical (unpaired) electrons. The van der Waals surface area contributed by atoms with Crippen molar-refractivity contribution in [2.75, 3.05) is 19.8 Å². The van der Waals surface area contributed by atoms with Crippen molar-refractivity contribution < 1.29 is 33.3 Å². The zero-order chi connectivity index (χ0) is 18.9. The van der Waals surface area contributed by atoms with E-state index < -0.39 is 30.1 Å². The highest BCUT2D eigenvalue weighted by molar-refractivity contribution is 5.87. The Morgan fingerprint density at radius 3 is 2.15 bits per heavy atom. The van der Waals surface area contributed by atoms with Gasteiger partial charge in [-0.1, -0.05) is 19.4 Å². The van der Waals surface area contributed by atoms with Gasteiger partial charge in [-0.2, -0.15) is 0 Å². The molecule has 1 saturated heterocycles. The van der Waals surface area contributed by atoms with Gasteiger partial charge in [0.15, 0.2) is 0 Å². The summed E-state index contributed by atoms with van der Waals surface area (Å²) in [6, 6.07) is 0. The lowest BCUT2D eigenvalue weighted by molar-refractivity contribution is -0.195. The van der Waals surface area contributed by atoms with Crippen LogP contribution in [-0.4, -0.2) is 44.0 Å². The topological polar surface area (TPSA) is 88.1 Å². The van der Waals surface area contributed by atoms with E-state index in [0.29, 0.717) is 25.9 Å². The minimum atomic E-state index is -0.521. The van der Waals surface area contributed by atoms with Crippen molar-refractivity contribution in [2.45, 2.75) is 58.2 Å². The van der Waals surface area contributed by atoms with E-state index in [0.717, 1.165) is 25.7 Å². The highest BCUT2D eigenvalue weighted by Gasteiger charge is 2.39. The van der Waals surface area contributed by atoms with Crippen molar-refractivity contribution >= 4 is 17.9 Å². The largest absolute Gasteiger partial charge is 0.462 e. The number of ether oxygens (including phenoxy) is 4. The lowest BCUT2D eigenvalue weighted by atomic mass is 9.79. The van der Waals surface area contributed by atoms with Crippen LogP contribution >= 0.6 is 0 Å². The minimum Gasteiger partial charge on any atom is -0.462 e. The molecule has 1 heterocycles. The van der Waals surface area contributed by atoms with Crippen molar-refractivity contribution in [1.82, 2.24) is 0 Å². The highest BCUT2D eigenvalue weighted by Crippen LogP contribution is 2.32. The summed E-state index contributed by atoms with van der Waals surface area (Å²) in [6.45, 7) is 5.54. The van der Waals surface area contributed by atoms with E-state index in [1.165, 1.54) is 0 Å². The van der Waals surface area contributed by atoms with Gasteiger partial charge in [-0.3, -0.25) is 9.59 Å². The molecular weight excluding hydrogens is 340 g/mol. The second-order valence-electron chi connectivity index (χ2n) is 6.81. The summed E-state index contributed by atoms with van der Waals surface area (Å²) in [4.78, 5) is 36.1. The monoisotopic (exact) mass is 368 g/mol. The molecule has 3 atom stereocenters. The first-order chi connectivity index (χ1) is 12.5. The summed E-state index contributed by atoms with van der Waals surface area (Å²) >= 11 is 0. The Bertz CT molecular complexity index is 522. The van der Waals surface area contributed by atoms with Gasteiger partial charge in [0.2, 0.25) is 6.29 Å². The number of esters is 3. The molecule has 146 valence electrons. The van der Waals surface area contributed by atoms with Crippen LogP contribution in [0.2, 0.25) is 0 Å². The molecule has 26 heavy (non-hydrogen) atoms. The SMILES string of the molecule is C=C(C)C(=O)OCCOC(=O)C1CCCCC1C(=O)OC1CCCCO1. The quantitative estimate of drug-likeness (QED) is 0.295. The van der Waals surface area contributed by atoms with Crippen LogP contribution in [0, 0.1) is 11.8 Å². The van der Waals surface area contributed by atoms with Crippen LogP contribution in [0.4, 0.5) is 0 Å². The van der Waals surface area contributed by atoms with Gasteiger partial charge >= 0.3 is 17.9 Å². The summed E-state index contributed by atoms with van der Waals surface area (Å²) in [7, 11) is 0. The molecule has 2 aliphatic rings. The highest BCUT2D eigenvalue weighted by atomic mass is 16.7. The van der Waals surface area contributed by atoms with Crippen LogP contribution in [-0.2, 0) is 33.3 Å². The fourth-order valence-electron chi connectivity index (χ4n) is 3.22. The Morgan fingerprint density at radius 1 is 0.923 bits per heavy atom. The maximum atomic E-state index is 12.5. The smallest absolute Gasteiger partial charge is 0.333 e. The van der Waals surface area contributed by atoms with E-state index in [1.54, 1.807) is 6.92 Å². The van der Waals surface area contributed by atoms with Crippen molar-refractivity contribution in [3.05, 3.63) is 12.2 Å². The normalized spacial score (nSPS) is 25.8. The van der Waals surface area contributed by atoms with Gasteiger partial charge in [0.1, 0.15) is 13.2 Å². The second kappa shape index (κ2) is 10.3. The molecule has 2 fully saturated rings. The van der Waals surface area contributed by atoms with Gasteiger partial charge in [-0.05, 0) is 32.6 Å². The van der Waals surface area contributed by atoms with Gasteiger partial charge < -0.3 is 18.9 Å². The standard InChI is InChI=1S/C19H28O7/c1-13(2)17(20)24-11-12-25-18(21)14-7-3-4-8-15(14)19(22)26-16-9-5-6-10-23-16/h14-16H,1,3-12H2,2H3. The van der Waals surface area contributed by atoms with Crippen molar-refractivity contribution in [1.29, 1.82) is 0 Å². The maximum absolute atomic E-state index is 12.5. The maximum Gasteiger partial charge on any atom is 0.333 e. The average molecular weight is 368 g/mol. The zero-order valence-corrected chi connectivity index (χ0v) is 15.4. The molecule has 3 unspecified atom stereocenters. The Hall–Kier alpha value is -1.89. The molecule has 0 amide bonds. The summed E-state index contributed by atoms with van der Waals surface area (Å²) in [6.07, 6.45) is 5.09. The molecule has 1 aliphatic heterocycles. The summed E-state index contributed by atoms with van der Waals surface area (Å²) in [5.74, 6) is -2.36. The molecule has 0 aromatic carbocycles. The molecular formula is C19H28O7. The molecule has 0 aromatic rings. The number of carbonyl (C=O) groups excluding carboxylic acids is 3. The van der Waals surface area contributed by atoms with Gasteiger partial charge in [-0.25, -0.2) is 4.79 Å². The van der Waals surface area contributed by atoms with Crippen LogP contribution in [0.25, 0.3) is 0 Å². The molecule has 7 heteroatoms.